The maximum Gasteiger partial charge on any atom is 0.251 e. The molecule has 0 heterocycles. The highest BCUT2D eigenvalue weighted by Crippen LogP contribution is 2.21. The van der Waals surface area contributed by atoms with Crippen molar-refractivity contribution in [1.29, 1.82) is 0 Å². The SMILES string of the molecule is CCS(=O)(=O)CCNC(=O)c1ccc(F)c2ccccc12. The van der Waals surface area contributed by atoms with Gasteiger partial charge in [-0.2, -0.15) is 0 Å². The van der Waals surface area contributed by atoms with Gasteiger partial charge in [-0.15, -0.1) is 0 Å². The molecule has 2 aromatic carbocycles. The predicted molar refractivity (Wildman–Crippen MR) is 80.6 cm³/mol. The van der Waals surface area contributed by atoms with Gasteiger partial charge in [0.15, 0.2) is 9.84 Å². The first-order chi connectivity index (χ1) is 9.94. The van der Waals surface area contributed by atoms with Crippen LogP contribution in [-0.2, 0) is 9.84 Å². The Labute approximate surface area is 122 Å². The van der Waals surface area contributed by atoms with Gasteiger partial charge in [-0.05, 0) is 17.5 Å². The number of hydrogen-bond donors (Lipinski definition) is 1. The molecule has 0 saturated carbocycles. The molecule has 0 bridgehead atoms. The van der Waals surface area contributed by atoms with Gasteiger partial charge in [0, 0.05) is 23.2 Å². The van der Waals surface area contributed by atoms with Crippen LogP contribution in [0.15, 0.2) is 36.4 Å². The molecule has 0 atom stereocenters. The van der Waals surface area contributed by atoms with Crippen LogP contribution in [0.1, 0.15) is 17.3 Å². The third-order valence-electron chi connectivity index (χ3n) is 3.25. The van der Waals surface area contributed by atoms with Crippen LogP contribution in [0.5, 0.6) is 0 Å². The Bertz CT molecular complexity index is 772. The summed E-state index contributed by atoms with van der Waals surface area (Å²) in [6.07, 6.45) is 0. The van der Waals surface area contributed by atoms with E-state index in [9.17, 15) is 17.6 Å². The van der Waals surface area contributed by atoms with Gasteiger partial charge < -0.3 is 5.32 Å². The average Bonchev–Trinajstić information content (AvgIpc) is 2.47. The van der Waals surface area contributed by atoms with Crippen LogP contribution in [-0.4, -0.2) is 32.4 Å². The molecule has 4 nitrogen and oxygen atoms in total. The highest BCUT2D eigenvalue weighted by molar-refractivity contribution is 7.91. The average molecular weight is 309 g/mol. The van der Waals surface area contributed by atoms with E-state index < -0.39 is 21.6 Å². The van der Waals surface area contributed by atoms with Crippen LogP contribution in [0.3, 0.4) is 0 Å². The Morgan fingerprint density at radius 3 is 2.48 bits per heavy atom. The molecule has 0 saturated heterocycles. The quantitative estimate of drug-likeness (QED) is 0.920. The minimum Gasteiger partial charge on any atom is -0.351 e. The van der Waals surface area contributed by atoms with Gasteiger partial charge in [0.25, 0.3) is 5.91 Å². The molecule has 2 rings (SSSR count). The number of carbonyl (C=O) groups is 1. The monoisotopic (exact) mass is 309 g/mol. The van der Waals surface area contributed by atoms with E-state index in [1.807, 2.05) is 0 Å². The third kappa shape index (κ3) is 3.58. The molecule has 1 N–H and O–H groups in total. The predicted octanol–water partition coefficient (Wildman–Crippen LogP) is 2.14. The summed E-state index contributed by atoms with van der Waals surface area (Å²) in [7, 11) is -3.12. The zero-order valence-electron chi connectivity index (χ0n) is 11.6. The Morgan fingerprint density at radius 2 is 1.81 bits per heavy atom. The zero-order valence-corrected chi connectivity index (χ0v) is 12.4. The number of fused-ring (bicyclic) bond motifs is 1. The molecule has 21 heavy (non-hydrogen) atoms. The lowest BCUT2D eigenvalue weighted by molar-refractivity contribution is 0.0958. The molecule has 0 aromatic heterocycles. The Kier molecular flexibility index (Phi) is 4.57. The highest BCUT2D eigenvalue weighted by atomic mass is 32.2. The van der Waals surface area contributed by atoms with E-state index in [0.717, 1.165) is 0 Å². The van der Waals surface area contributed by atoms with E-state index >= 15 is 0 Å². The van der Waals surface area contributed by atoms with E-state index in [4.69, 9.17) is 0 Å². The molecule has 0 aliphatic rings. The molecule has 0 radical (unpaired) electrons. The van der Waals surface area contributed by atoms with Crippen molar-refractivity contribution in [2.75, 3.05) is 18.1 Å². The highest BCUT2D eigenvalue weighted by Gasteiger charge is 2.13. The molecule has 0 spiro atoms. The van der Waals surface area contributed by atoms with Crippen molar-refractivity contribution in [3.63, 3.8) is 0 Å². The lowest BCUT2D eigenvalue weighted by atomic mass is 10.0. The fourth-order valence-corrected chi connectivity index (χ4v) is 2.72. The standard InChI is InChI=1S/C15H16FNO3S/c1-2-21(19,20)10-9-17-15(18)13-7-8-14(16)12-6-4-3-5-11(12)13/h3-8H,2,9-10H2,1H3,(H,17,18). The van der Waals surface area contributed by atoms with Crippen LogP contribution < -0.4 is 5.32 Å². The molecule has 0 unspecified atom stereocenters. The number of rotatable bonds is 5. The smallest absolute Gasteiger partial charge is 0.251 e. The maximum atomic E-state index is 13.7. The molecule has 0 fully saturated rings. The summed E-state index contributed by atoms with van der Waals surface area (Å²) < 4.78 is 36.4. The van der Waals surface area contributed by atoms with E-state index in [1.165, 1.54) is 12.1 Å². The van der Waals surface area contributed by atoms with E-state index in [1.54, 1.807) is 31.2 Å². The second-order valence-electron chi connectivity index (χ2n) is 4.63. The van der Waals surface area contributed by atoms with Gasteiger partial charge in [0.05, 0.1) is 5.75 Å². The first-order valence-electron chi connectivity index (χ1n) is 6.60. The van der Waals surface area contributed by atoms with Crippen LogP contribution in [0, 0.1) is 5.82 Å². The largest absolute Gasteiger partial charge is 0.351 e. The van der Waals surface area contributed by atoms with Crippen molar-refractivity contribution in [2.24, 2.45) is 0 Å². The van der Waals surface area contributed by atoms with Crippen molar-refractivity contribution >= 4 is 26.5 Å². The molecule has 0 aliphatic heterocycles. The number of amides is 1. The number of carbonyl (C=O) groups excluding carboxylic acids is 1. The Balaban J connectivity index is 2.19. The minimum absolute atomic E-state index is 0.0424. The van der Waals surface area contributed by atoms with Crippen LogP contribution in [0.4, 0.5) is 4.39 Å². The van der Waals surface area contributed by atoms with Gasteiger partial charge in [0.2, 0.25) is 0 Å². The summed E-state index contributed by atoms with van der Waals surface area (Å²) in [5.74, 6) is -0.857. The number of hydrogen-bond acceptors (Lipinski definition) is 3. The number of nitrogens with one attached hydrogen (secondary N) is 1. The third-order valence-corrected chi connectivity index (χ3v) is 4.96. The second kappa shape index (κ2) is 6.22. The maximum absolute atomic E-state index is 13.7. The molecule has 0 aliphatic carbocycles. The second-order valence-corrected chi connectivity index (χ2v) is 7.11. The molecule has 1 amide bonds. The number of benzene rings is 2. The zero-order chi connectivity index (χ0) is 15.5. The summed E-state index contributed by atoms with van der Waals surface area (Å²) in [6.45, 7) is 1.60. The normalized spacial score (nSPS) is 11.5. The molecule has 2 aromatic rings. The van der Waals surface area contributed by atoms with Crippen molar-refractivity contribution in [2.45, 2.75) is 6.92 Å². The summed E-state index contributed by atoms with van der Waals surface area (Å²) in [4.78, 5) is 12.1. The lowest BCUT2D eigenvalue weighted by Gasteiger charge is -2.08. The lowest BCUT2D eigenvalue weighted by Crippen LogP contribution is -2.29. The van der Waals surface area contributed by atoms with Crippen molar-refractivity contribution in [3.8, 4) is 0 Å². The van der Waals surface area contributed by atoms with Crippen molar-refractivity contribution in [1.82, 2.24) is 5.32 Å². The molecule has 6 heteroatoms. The Morgan fingerprint density at radius 1 is 1.14 bits per heavy atom. The van der Waals surface area contributed by atoms with Crippen molar-refractivity contribution < 1.29 is 17.6 Å². The fourth-order valence-electron chi connectivity index (χ4n) is 2.02. The Hall–Kier alpha value is -1.95. The van der Waals surface area contributed by atoms with E-state index in [2.05, 4.69) is 5.32 Å². The van der Waals surface area contributed by atoms with Gasteiger partial charge in [-0.3, -0.25) is 4.79 Å². The first-order valence-corrected chi connectivity index (χ1v) is 8.42. The number of halogens is 1. The summed E-state index contributed by atoms with van der Waals surface area (Å²) in [6, 6.07) is 9.32. The van der Waals surface area contributed by atoms with Crippen LogP contribution >= 0.6 is 0 Å². The first kappa shape index (κ1) is 15.4. The van der Waals surface area contributed by atoms with Gasteiger partial charge in [0.1, 0.15) is 5.82 Å². The fraction of sp³-hybridized carbons (Fsp3) is 0.267. The van der Waals surface area contributed by atoms with Crippen molar-refractivity contribution in [3.05, 3.63) is 47.8 Å². The summed E-state index contributed by atoms with van der Waals surface area (Å²) >= 11 is 0. The van der Waals surface area contributed by atoms with Gasteiger partial charge in [-0.1, -0.05) is 31.2 Å². The topological polar surface area (TPSA) is 63.2 Å². The number of sulfone groups is 1. The van der Waals surface area contributed by atoms with Crippen LogP contribution in [0.2, 0.25) is 0 Å². The van der Waals surface area contributed by atoms with Crippen LogP contribution in [0.25, 0.3) is 10.8 Å². The minimum atomic E-state index is -3.12. The molecular formula is C15H16FNO3S. The molecule has 112 valence electrons. The van der Waals surface area contributed by atoms with Gasteiger partial charge >= 0.3 is 0 Å². The summed E-state index contributed by atoms with van der Waals surface area (Å²) in [5.41, 5.74) is 0.334. The molecular weight excluding hydrogens is 293 g/mol. The van der Waals surface area contributed by atoms with Gasteiger partial charge in [-0.25, -0.2) is 12.8 Å². The summed E-state index contributed by atoms with van der Waals surface area (Å²) in [5, 5.41) is 3.44. The van der Waals surface area contributed by atoms with E-state index in [-0.39, 0.29) is 18.1 Å². The van der Waals surface area contributed by atoms with E-state index in [0.29, 0.717) is 16.3 Å².